The van der Waals surface area contributed by atoms with Crippen LogP contribution >= 0.6 is 12.6 Å². The molecular formula is C18H34N4O6S. The molecule has 0 saturated heterocycles. The Hall–Kier alpha value is -1.85. The van der Waals surface area contributed by atoms with Crippen LogP contribution in [0.2, 0.25) is 0 Å². The largest absolute Gasteiger partial charge is 0.480 e. The third-order valence-electron chi connectivity index (χ3n) is 4.17. The van der Waals surface area contributed by atoms with Gasteiger partial charge in [-0.1, -0.05) is 27.7 Å². The SMILES string of the molecule is CC(C)CC(NC(=O)C(N)CS)C(=O)NC(C(=O)NC(C(=O)O)C(C)C)C(C)O. The van der Waals surface area contributed by atoms with Gasteiger partial charge in [0.05, 0.1) is 12.1 Å². The summed E-state index contributed by atoms with van der Waals surface area (Å²) >= 11 is 3.95. The van der Waals surface area contributed by atoms with Crippen molar-refractivity contribution in [1.29, 1.82) is 0 Å². The number of carbonyl (C=O) groups excluding carboxylic acids is 3. The number of aliphatic hydroxyl groups is 1. The summed E-state index contributed by atoms with van der Waals surface area (Å²) in [6.45, 7) is 8.23. The van der Waals surface area contributed by atoms with E-state index < -0.39 is 59.9 Å². The first-order valence-corrected chi connectivity index (χ1v) is 10.1. The Labute approximate surface area is 176 Å². The lowest BCUT2D eigenvalue weighted by atomic mass is 10.0. The summed E-state index contributed by atoms with van der Waals surface area (Å²) in [6, 6.07) is -4.46. The second-order valence-corrected chi connectivity index (χ2v) is 8.14. The summed E-state index contributed by atoms with van der Waals surface area (Å²) in [5.74, 6) is -3.59. The van der Waals surface area contributed by atoms with Crippen molar-refractivity contribution < 1.29 is 29.4 Å². The first-order chi connectivity index (χ1) is 13.3. The average molecular weight is 435 g/mol. The van der Waals surface area contributed by atoms with Crippen molar-refractivity contribution in [1.82, 2.24) is 16.0 Å². The van der Waals surface area contributed by atoms with Crippen molar-refractivity contribution in [2.75, 3.05) is 5.75 Å². The molecule has 7 N–H and O–H groups in total. The summed E-state index contributed by atoms with van der Waals surface area (Å²) in [4.78, 5) is 48.6. The van der Waals surface area contributed by atoms with E-state index in [1.54, 1.807) is 13.8 Å². The average Bonchev–Trinajstić information content (AvgIpc) is 2.60. The Morgan fingerprint density at radius 2 is 1.41 bits per heavy atom. The zero-order chi connectivity index (χ0) is 22.9. The molecule has 0 aliphatic rings. The molecule has 10 nitrogen and oxygen atoms in total. The zero-order valence-corrected chi connectivity index (χ0v) is 18.4. The summed E-state index contributed by atoms with van der Waals surface area (Å²) in [6.07, 6.45) is -1.02. The van der Waals surface area contributed by atoms with Gasteiger partial charge in [0.15, 0.2) is 0 Å². The molecule has 0 aliphatic heterocycles. The quantitative estimate of drug-likeness (QED) is 0.190. The van der Waals surface area contributed by atoms with Gasteiger partial charge in [-0.25, -0.2) is 4.79 Å². The van der Waals surface area contributed by atoms with Gasteiger partial charge in [-0.15, -0.1) is 0 Å². The molecule has 0 spiro atoms. The topological polar surface area (TPSA) is 171 Å². The predicted molar refractivity (Wildman–Crippen MR) is 111 cm³/mol. The Bertz CT molecular complexity index is 585. The Morgan fingerprint density at radius 3 is 1.79 bits per heavy atom. The molecule has 0 saturated carbocycles. The highest BCUT2D eigenvalue weighted by Gasteiger charge is 2.33. The summed E-state index contributed by atoms with van der Waals surface area (Å²) < 4.78 is 0. The lowest BCUT2D eigenvalue weighted by Gasteiger charge is -2.27. The number of carboxylic acids is 1. The Morgan fingerprint density at radius 1 is 0.897 bits per heavy atom. The van der Waals surface area contributed by atoms with Crippen molar-refractivity contribution in [3.63, 3.8) is 0 Å². The third-order valence-corrected chi connectivity index (χ3v) is 4.56. The standard InChI is InChI=1S/C18H34N4O6S/c1-8(2)6-12(20-15(24)11(19)7-29)16(25)22-14(10(5)23)17(26)21-13(9(3)4)18(27)28/h8-14,23,29H,6-7,19H2,1-5H3,(H,20,24)(H,21,26)(H,22,25)(H,27,28). The number of carboxylic acid groups (broad SMARTS) is 1. The highest BCUT2D eigenvalue weighted by molar-refractivity contribution is 7.80. The number of rotatable bonds is 12. The molecule has 0 aromatic carbocycles. The van der Waals surface area contributed by atoms with Gasteiger partial charge in [0.25, 0.3) is 0 Å². The molecule has 29 heavy (non-hydrogen) atoms. The summed E-state index contributed by atoms with van der Waals surface area (Å²) in [5, 5.41) is 26.4. The van der Waals surface area contributed by atoms with Crippen molar-refractivity contribution in [3.8, 4) is 0 Å². The van der Waals surface area contributed by atoms with E-state index in [1.807, 2.05) is 13.8 Å². The molecule has 3 amide bonds. The van der Waals surface area contributed by atoms with Crippen LogP contribution in [0.3, 0.4) is 0 Å². The molecule has 5 atom stereocenters. The van der Waals surface area contributed by atoms with Gasteiger partial charge in [0, 0.05) is 5.75 Å². The van der Waals surface area contributed by atoms with E-state index in [0.29, 0.717) is 0 Å². The van der Waals surface area contributed by atoms with E-state index in [9.17, 15) is 29.4 Å². The smallest absolute Gasteiger partial charge is 0.326 e. The van der Waals surface area contributed by atoms with E-state index >= 15 is 0 Å². The van der Waals surface area contributed by atoms with Gasteiger partial charge in [0.2, 0.25) is 17.7 Å². The second kappa shape index (κ2) is 12.7. The van der Waals surface area contributed by atoms with Gasteiger partial charge < -0.3 is 31.9 Å². The number of aliphatic hydroxyl groups excluding tert-OH is 1. The molecule has 5 unspecified atom stereocenters. The number of nitrogens with two attached hydrogens (primary N) is 1. The lowest BCUT2D eigenvalue weighted by molar-refractivity contribution is -0.144. The van der Waals surface area contributed by atoms with Crippen LogP contribution in [0.25, 0.3) is 0 Å². The van der Waals surface area contributed by atoms with Gasteiger partial charge in [-0.05, 0) is 25.2 Å². The van der Waals surface area contributed by atoms with Gasteiger partial charge >= 0.3 is 5.97 Å². The normalized spacial score (nSPS) is 16.5. The molecule has 11 heteroatoms. The molecule has 0 rings (SSSR count). The van der Waals surface area contributed by atoms with E-state index in [1.165, 1.54) is 6.92 Å². The van der Waals surface area contributed by atoms with Gasteiger partial charge in [-0.3, -0.25) is 14.4 Å². The van der Waals surface area contributed by atoms with Crippen LogP contribution in [0, 0.1) is 11.8 Å². The molecule has 0 fully saturated rings. The number of carbonyl (C=O) groups is 4. The minimum absolute atomic E-state index is 0.0365. The van der Waals surface area contributed by atoms with Crippen LogP contribution in [-0.2, 0) is 19.2 Å². The van der Waals surface area contributed by atoms with Crippen LogP contribution in [-0.4, -0.2) is 69.9 Å². The molecule has 168 valence electrons. The van der Waals surface area contributed by atoms with E-state index in [0.717, 1.165) is 0 Å². The monoisotopic (exact) mass is 434 g/mol. The van der Waals surface area contributed by atoms with Gasteiger partial charge in [-0.2, -0.15) is 12.6 Å². The second-order valence-electron chi connectivity index (χ2n) is 7.78. The van der Waals surface area contributed by atoms with E-state index in [4.69, 9.17) is 5.73 Å². The fourth-order valence-electron chi connectivity index (χ4n) is 2.48. The maximum Gasteiger partial charge on any atom is 0.326 e. The van der Waals surface area contributed by atoms with Crippen LogP contribution in [0.1, 0.15) is 41.0 Å². The summed E-state index contributed by atoms with van der Waals surface area (Å²) in [7, 11) is 0. The highest BCUT2D eigenvalue weighted by atomic mass is 32.1. The van der Waals surface area contributed by atoms with Crippen LogP contribution in [0.5, 0.6) is 0 Å². The third kappa shape index (κ3) is 9.46. The van der Waals surface area contributed by atoms with Crippen molar-refractivity contribution >= 4 is 36.3 Å². The minimum Gasteiger partial charge on any atom is -0.480 e. The fourth-order valence-corrected chi connectivity index (χ4v) is 2.65. The predicted octanol–water partition coefficient (Wildman–Crippen LogP) is -1.13. The lowest BCUT2D eigenvalue weighted by Crippen LogP contribution is -2.60. The molecule has 0 heterocycles. The van der Waals surface area contributed by atoms with Gasteiger partial charge in [0.1, 0.15) is 18.1 Å². The molecular weight excluding hydrogens is 400 g/mol. The molecule has 0 aromatic heterocycles. The van der Waals surface area contributed by atoms with Crippen molar-refractivity contribution in [3.05, 3.63) is 0 Å². The zero-order valence-electron chi connectivity index (χ0n) is 17.5. The molecule has 0 aliphatic carbocycles. The number of hydrogen-bond acceptors (Lipinski definition) is 7. The fraction of sp³-hybridized carbons (Fsp3) is 0.778. The Kier molecular flexibility index (Phi) is 11.8. The van der Waals surface area contributed by atoms with Crippen LogP contribution < -0.4 is 21.7 Å². The number of aliphatic carboxylic acids is 1. The highest BCUT2D eigenvalue weighted by Crippen LogP contribution is 2.08. The van der Waals surface area contributed by atoms with Crippen LogP contribution in [0.15, 0.2) is 0 Å². The summed E-state index contributed by atoms with van der Waals surface area (Å²) in [5.41, 5.74) is 5.63. The van der Waals surface area contributed by atoms with E-state index in [-0.39, 0.29) is 18.1 Å². The first kappa shape index (κ1) is 27.1. The number of hydrogen-bond donors (Lipinski definition) is 7. The number of amides is 3. The molecule has 0 bridgehead atoms. The molecule has 0 radical (unpaired) electrons. The first-order valence-electron chi connectivity index (χ1n) is 9.50. The number of nitrogens with one attached hydrogen (secondary N) is 3. The van der Waals surface area contributed by atoms with E-state index in [2.05, 4.69) is 28.6 Å². The van der Waals surface area contributed by atoms with Crippen LogP contribution in [0.4, 0.5) is 0 Å². The maximum absolute atomic E-state index is 12.7. The van der Waals surface area contributed by atoms with Crippen molar-refractivity contribution in [2.45, 2.75) is 71.3 Å². The maximum atomic E-state index is 12.7. The van der Waals surface area contributed by atoms with Crippen molar-refractivity contribution in [2.24, 2.45) is 17.6 Å². The number of thiol groups is 1. The Balaban J connectivity index is 5.38. The minimum atomic E-state index is -1.40. The molecule has 0 aromatic rings.